The number of hydrogen-bond acceptors (Lipinski definition) is 4. The van der Waals surface area contributed by atoms with Crippen molar-refractivity contribution in [3.63, 3.8) is 0 Å². The Morgan fingerprint density at radius 1 is 0.284 bits per heavy atom. The molecule has 4 aromatic heterocycles. The number of nitrogens with zero attached hydrogens (tertiary/aromatic N) is 4. The molecule has 16 rings (SSSR count). The lowest BCUT2D eigenvalue weighted by Gasteiger charge is -2.17. The minimum atomic E-state index is -1.34. The largest absolute Gasteiger partial charge is 0.488 e. The maximum atomic E-state index is 14.6. The van der Waals surface area contributed by atoms with Gasteiger partial charge in [-0.2, -0.15) is 0 Å². The zero-order valence-corrected chi connectivity index (χ0v) is 49.1. The average molecular weight is 1200 g/mol. The minimum absolute atomic E-state index is 0.0395. The van der Waals surface area contributed by atoms with E-state index in [0.717, 1.165) is 116 Å². The summed E-state index contributed by atoms with van der Waals surface area (Å²) in [4.78, 5) is 28.8. The smallest absolute Gasteiger partial charge is 0.423 e. The standard InChI is InChI=1S/C39H26N2O.C33H21BrN2O.C6H7BO2/c42-39-34-21-11-13-23-36(34)41-35-22-12-10-20-33(35)37(29-18-8-3-9-19-29)38(41)40(39)32-25-30(27-14-4-1-5-15-27)24-31(26-32)28-16-6-2-7-17-28;34-31-27-15-7-9-17-29(27)36-30-18-10-8-16-28(30)33(37)35(32(31)36)26-20-24(22-11-3-1-4-12-22)19-25(21-26)23-13-5-2-6-14-23;8-7(9)6-4-2-1-3-5-6/h1-26H;1-21H;1-5,8-9H. The Hall–Kier alpha value is -10.9. The van der Waals surface area contributed by atoms with Gasteiger partial charge in [-0.3, -0.25) is 27.5 Å². The Labute approximate surface area is 515 Å². The molecular weight excluding hydrogens is 1150 g/mol. The number of aromatic nitrogens is 4. The van der Waals surface area contributed by atoms with Crippen molar-refractivity contribution < 1.29 is 10.0 Å². The molecule has 420 valence electrons. The molecule has 0 radical (unpaired) electrons. The van der Waals surface area contributed by atoms with Crippen molar-refractivity contribution in [2.24, 2.45) is 0 Å². The van der Waals surface area contributed by atoms with Crippen LogP contribution in [0.5, 0.6) is 0 Å². The molecule has 88 heavy (non-hydrogen) atoms. The summed E-state index contributed by atoms with van der Waals surface area (Å²) in [6, 6.07) is 106. The monoisotopic (exact) mass is 1200 g/mol. The van der Waals surface area contributed by atoms with Crippen LogP contribution in [0.3, 0.4) is 0 Å². The summed E-state index contributed by atoms with van der Waals surface area (Å²) in [6.45, 7) is 0. The third-order valence-electron chi connectivity index (χ3n) is 16.2. The molecule has 0 aliphatic rings. The van der Waals surface area contributed by atoms with Crippen LogP contribution in [0.4, 0.5) is 0 Å². The highest BCUT2D eigenvalue weighted by atomic mass is 79.9. The topological polar surface area (TPSA) is 93.3 Å². The fraction of sp³-hybridized carbons (Fsp3) is 0. The van der Waals surface area contributed by atoms with Gasteiger partial charge >= 0.3 is 7.12 Å². The van der Waals surface area contributed by atoms with Crippen molar-refractivity contribution in [2.75, 3.05) is 0 Å². The van der Waals surface area contributed by atoms with Gasteiger partial charge in [0, 0.05) is 16.3 Å². The lowest BCUT2D eigenvalue weighted by Crippen LogP contribution is -2.29. The number of fused-ring (bicyclic) bond motifs is 10. The predicted octanol–water partition coefficient (Wildman–Crippen LogP) is 17.3. The third-order valence-corrected chi connectivity index (χ3v) is 16.9. The SMILES string of the molecule is O=c1c2ccccc2n2c3ccccc3c(-c3ccccc3)c2n1-c1cc(-c2ccccc2)cc(-c2ccccc2)c1.O=c1c2ccccc2n2c3ccccc3c(Br)c2n1-c1cc(-c2ccccc2)cc(-c2ccccc2)c1.OB(O)c1ccccc1. The van der Waals surface area contributed by atoms with E-state index in [-0.39, 0.29) is 11.1 Å². The fourth-order valence-electron chi connectivity index (χ4n) is 12.1. The molecule has 0 unspecified atom stereocenters. The van der Waals surface area contributed by atoms with Crippen molar-refractivity contribution in [3.05, 3.63) is 341 Å². The molecule has 0 aliphatic carbocycles. The van der Waals surface area contributed by atoms with E-state index in [1.54, 1.807) is 24.3 Å². The van der Waals surface area contributed by atoms with Crippen LogP contribution in [0.15, 0.2) is 330 Å². The fourth-order valence-corrected chi connectivity index (χ4v) is 12.8. The van der Waals surface area contributed by atoms with E-state index < -0.39 is 7.12 Å². The molecule has 0 fully saturated rings. The molecule has 0 spiro atoms. The first kappa shape index (κ1) is 55.0. The van der Waals surface area contributed by atoms with Gasteiger partial charge in [-0.15, -0.1) is 0 Å². The first-order valence-corrected chi connectivity index (χ1v) is 29.9. The van der Waals surface area contributed by atoms with E-state index in [4.69, 9.17) is 10.0 Å². The van der Waals surface area contributed by atoms with E-state index in [1.165, 1.54) is 0 Å². The summed E-state index contributed by atoms with van der Waals surface area (Å²) in [6.07, 6.45) is 0. The van der Waals surface area contributed by atoms with Gasteiger partial charge in [0.25, 0.3) is 11.1 Å². The molecular formula is C78H54BBrN4O4. The first-order chi connectivity index (χ1) is 43.3. The van der Waals surface area contributed by atoms with Crippen LogP contribution >= 0.6 is 15.9 Å². The van der Waals surface area contributed by atoms with Gasteiger partial charge in [0.2, 0.25) is 0 Å². The summed E-state index contributed by atoms with van der Waals surface area (Å²) in [5, 5.41) is 20.7. The molecule has 0 saturated heterocycles. The second-order valence-corrected chi connectivity index (χ2v) is 22.3. The predicted molar refractivity (Wildman–Crippen MR) is 367 cm³/mol. The number of para-hydroxylation sites is 4. The Morgan fingerprint density at radius 3 is 0.943 bits per heavy atom. The summed E-state index contributed by atoms with van der Waals surface area (Å²) in [5.41, 5.74) is 18.4. The van der Waals surface area contributed by atoms with Crippen LogP contribution in [-0.2, 0) is 0 Å². The van der Waals surface area contributed by atoms with E-state index in [2.05, 4.69) is 195 Å². The molecule has 0 saturated carbocycles. The number of hydrogen-bond donors (Lipinski definition) is 2. The molecule has 8 nitrogen and oxygen atoms in total. The van der Waals surface area contributed by atoms with Crippen molar-refractivity contribution in [3.8, 4) is 67.0 Å². The van der Waals surface area contributed by atoms with Crippen LogP contribution in [0.1, 0.15) is 0 Å². The Balaban J connectivity index is 0.000000136. The highest BCUT2D eigenvalue weighted by Gasteiger charge is 2.24. The molecule has 4 heterocycles. The average Bonchev–Trinajstić information content (AvgIpc) is 1.82. The summed E-state index contributed by atoms with van der Waals surface area (Å²) < 4.78 is 9.12. The van der Waals surface area contributed by atoms with Gasteiger partial charge in [-0.25, -0.2) is 0 Å². The second-order valence-electron chi connectivity index (χ2n) is 21.5. The molecule has 0 aliphatic heterocycles. The van der Waals surface area contributed by atoms with Gasteiger partial charge in [0.1, 0.15) is 11.3 Å². The van der Waals surface area contributed by atoms with E-state index in [1.807, 2.05) is 130 Å². The molecule has 2 N–H and O–H groups in total. The quantitative estimate of drug-likeness (QED) is 0.148. The summed E-state index contributed by atoms with van der Waals surface area (Å²) >= 11 is 3.87. The van der Waals surface area contributed by atoms with E-state index in [0.29, 0.717) is 16.2 Å². The number of rotatable bonds is 8. The lowest BCUT2D eigenvalue weighted by molar-refractivity contribution is 0.426. The first-order valence-electron chi connectivity index (χ1n) is 29.1. The van der Waals surface area contributed by atoms with Crippen molar-refractivity contribution in [1.82, 2.24) is 17.9 Å². The second kappa shape index (κ2) is 23.9. The summed E-state index contributed by atoms with van der Waals surface area (Å²) in [7, 11) is -1.34. The molecule has 16 aromatic rings. The van der Waals surface area contributed by atoms with Crippen LogP contribution in [0.2, 0.25) is 0 Å². The number of benzene rings is 12. The van der Waals surface area contributed by atoms with Gasteiger partial charge in [0.05, 0.1) is 48.7 Å². The normalized spacial score (nSPS) is 11.2. The maximum Gasteiger partial charge on any atom is 0.488 e. The van der Waals surface area contributed by atoms with Crippen molar-refractivity contribution in [1.29, 1.82) is 0 Å². The lowest BCUT2D eigenvalue weighted by atomic mass is 9.81. The van der Waals surface area contributed by atoms with Crippen LogP contribution < -0.4 is 16.6 Å². The van der Waals surface area contributed by atoms with Gasteiger partial charge in [0.15, 0.2) is 0 Å². The highest BCUT2D eigenvalue weighted by Crippen LogP contribution is 2.40. The zero-order chi connectivity index (χ0) is 59.7. The van der Waals surface area contributed by atoms with E-state index in [9.17, 15) is 9.59 Å². The minimum Gasteiger partial charge on any atom is -0.423 e. The molecule has 0 atom stereocenters. The third kappa shape index (κ3) is 10.2. The number of halogens is 1. The van der Waals surface area contributed by atoms with Crippen molar-refractivity contribution >= 4 is 83.4 Å². The summed E-state index contributed by atoms with van der Waals surface area (Å²) in [5.74, 6) is 0. The highest BCUT2D eigenvalue weighted by molar-refractivity contribution is 9.10. The Morgan fingerprint density at radius 2 is 0.568 bits per heavy atom. The maximum absolute atomic E-state index is 14.6. The molecule has 0 amide bonds. The zero-order valence-electron chi connectivity index (χ0n) is 47.5. The van der Waals surface area contributed by atoms with Crippen LogP contribution in [0.25, 0.3) is 122 Å². The van der Waals surface area contributed by atoms with Crippen LogP contribution in [-0.4, -0.2) is 35.1 Å². The Kier molecular flexibility index (Phi) is 14.9. The van der Waals surface area contributed by atoms with E-state index >= 15 is 0 Å². The van der Waals surface area contributed by atoms with Gasteiger partial charge in [-0.05, 0) is 144 Å². The van der Waals surface area contributed by atoms with Gasteiger partial charge in [-0.1, -0.05) is 243 Å². The van der Waals surface area contributed by atoms with Gasteiger partial charge < -0.3 is 10.0 Å². The molecule has 0 bridgehead atoms. The molecule has 12 aromatic carbocycles. The van der Waals surface area contributed by atoms with Crippen molar-refractivity contribution in [2.45, 2.75) is 0 Å². The molecule has 10 heteroatoms. The Bertz CT molecular complexity index is 5230. The van der Waals surface area contributed by atoms with Crippen LogP contribution in [0, 0.1) is 0 Å².